The topological polar surface area (TPSA) is 111 Å². The summed E-state index contributed by atoms with van der Waals surface area (Å²) in [5, 5.41) is 2.48. The molecule has 0 saturated heterocycles. The second-order valence-corrected chi connectivity index (χ2v) is 22.1. The van der Waals surface area contributed by atoms with Crippen LogP contribution in [0.15, 0.2) is 60.7 Å². The van der Waals surface area contributed by atoms with E-state index in [9.17, 15) is 0 Å². The van der Waals surface area contributed by atoms with E-state index >= 15 is 0 Å². The van der Waals surface area contributed by atoms with Gasteiger partial charge in [-0.05, 0) is 21.8 Å². The maximum atomic E-state index is 6.86. The van der Waals surface area contributed by atoms with Gasteiger partial charge in [-0.2, -0.15) is 0 Å². The summed E-state index contributed by atoms with van der Waals surface area (Å²) in [6.45, 7) is 21.6. The monoisotopic (exact) mass is 965 g/mol. The van der Waals surface area contributed by atoms with Crippen molar-refractivity contribution in [3.8, 4) is 0 Å². The van der Waals surface area contributed by atoms with Crippen molar-refractivity contribution in [3.05, 3.63) is 60.7 Å². The zero-order valence-corrected chi connectivity index (χ0v) is 43.8. The first-order chi connectivity index (χ1) is 33.0. The Hall–Kier alpha value is -1.82. The minimum Gasteiger partial charge on any atom is -0.405 e. The van der Waals surface area contributed by atoms with Crippen molar-refractivity contribution >= 4 is 18.7 Å². The predicted molar refractivity (Wildman–Crippen MR) is 273 cm³/mol. The van der Waals surface area contributed by atoms with Gasteiger partial charge >= 0.3 is 0 Å². The molecule has 0 aliphatic heterocycles. The summed E-state index contributed by atoms with van der Waals surface area (Å²) in [7, 11) is -2.54. The number of unbranched alkanes of at least 4 members (excludes halogenated alkanes) is 13. The molecule has 0 saturated carbocycles. The molecule has 0 amide bonds. The van der Waals surface area contributed by atoms with Crippen LogP contribution >= 0.6 is 0 Å². The summed E-state index contributed by atoms with van der Waals surface area (Å²) in [6.07, 6.45) is 19.2. The molecule has 0 N–H and O–H groups in total. The average Bonchev–Trinajstić information content (AvgIpc) is 3.33. The van der Waals surface area contributed by atoms with Gasteiger partial charge in [-0.25, -0.2) is 0 Å². The molecule has 0 fully saturated rings. The van der Waals surface area contributed by atoms with Gasteiger partial charge in [0.15, 0.2) is 0 Å². The van der Waals surface area contributed by atoms with Crippen molar-refractivity contribution in [3.63, 3.8) is 0 Å². The summed E-state index contributed by atoms with van der Waals surface area (Å²) in [6, 6.07) is 21.3. The van der Waals surface area contributed by atoms with Crippen LogP contribution in [0.25, 0.3) is 0 Å². The average molecular weight is 965 g/mol. The van der Waals surface area contributed by atoms with Gasteiger partial charge in [0.25, 0.3) is 8.32 Å². The highest BCUT2D eigenvalue weighted by atomic mass is 28.4. The molecule has 0 aliphatic rings. The van der Waals surface area contributed by atoms with Crippen LogP contribution in [0.2, 0.25) is 5.04 Å². The first-order valence-electron chi connectivity index (χ1n) is 26.1. The van der Waals surface area contributed by atoms with Gasteiger partial charge in [-0.15, -0.1) is 0 Å². The molecule has 388 valence electrons. The first kappa shape index (κ1) is 61.3. The van der Waals surface area contributed by atoms with E-state index < -0.39 is 8.32 Å². The Morgan fingerprint density at radius 1 is 0.284 bits per heavy atom. The second-order valence-electron chi connectivity index (χ2n) is 17.8. The fourth-order valence-electron chi connectivity index (χ4n) is 7.72. The highest BCUT2D eigenvalue weighted by Crippen LogP contribution is 2.36. The maximum Gasteiger partial charge on any atom is 0.261 e. The van der Waals surface area contributed by atoms with E-state index in [0.717, 1.165) is 13.0 Å². The lowest BCUT2D eigenvalue weighted by Gasteiger charge is -2.43. The van der Waals surface area contributed by atoms with Crippen LogP contribution in [-0.2, 0) is 56.5 Å². The lowest BCUT2D eigenvalue weighted by atomic mass is 10.0. The van der Waals surface area contributed by atoms with Gasteiger partial charge in [0.05, 0.1) is 145 Å². The van der Waals surface area contributed by atoms with Crippen molar-refractivity contribution in [1.82, 2.24) is 0 Å². The van der Waals surface area contributed by atoms with Crippen LogP contribution in [0.4, 0.5) is 0 Å². The Balaban J connectivity index is 1.21. The van der Waals surface area contributed by atoms with Crippen LogP contribution in [0.3, 0.4) is 0 Å². The zero-order chi connectivity index (χ0) is 47.9. The van der Waals surface area contributed by atoms with E-state index in [-0.39, 0.29) is 5.04 Å². The van der Waals surface area contributed by atoms with Gasteiger partial charge < -0.3 is 56.5 Å². The molecule has 12 nitrogen and oxygen atoms in total. The Labute approximate surface area is 409 Å². The van der Waals surface area contributed by atoms with Crippen molar-refractivity contribution in [2.75, 3.05) is 152 Å². The summed E-state index contributed by atoms with van der Waals surface area (Å²) in [5.74, 6) is 0. The molecular weight excluding hydrogens is 869 g/mol. The van der Waals surface area contributed by atoms with E-state index in [1.807, 2.05) is 0 Å². The molecule has 0 heterocycles. The van der Waals surface area contributed by atoms with E-state index in [4.69, 9.17) is 56.5 Å². The van der Waals surface area contributed by atoms with E-state index in [1.165, 1.54) is 93.8 Å². The van der Waals surface area contributed by atoms with E-state index in [1.54, 1.807) is 0 Å². The van der Waals surface area contributed by atoms with Crippen molar-refractivity contribution in [2.45, 2.75) is 123 Å². The maximum absolute atomic E-state index is 6.86. The van der Waals surface area contributed by atoms with Crippen LogP contribution < -0.4 is 10.4 Å². The minimum absolute atomic E-state index is 0.0573. The lowest BCUT2D eigenvalue weighted by molar-refractivity contribution is -0.0277. The van der Waals surface area contributed by atoms with Gasteiger partial charge in [-0.1, -0.05) is 172 Å². The van der Waals surface area contributed by atoms with Gasteiger partial charge in [0.2, 0.25) is 0 Å². The number of hydrogen-bond donors (Lipinski definition) is 0. The molecule has 0 spiro atoms. The van der Waals surface area contributed by atoms with Crippen molar-refractivity contribution in [2.24, 2.45) is 0 Å². The van der Waals surface area contributed by atoms with Gasteiger partial charge in [0, 0.05) is 6.61 Å². The fraction of sp³-hybridized carbons (Fsp3) is 0.778. The third-order valence-electron chi connectivity index (χ3n) is 11.3. The molecular formula is C54H96O12Si. The van der Waals surface area contributed by atoms with Crippen LogP contribution in [0.1, 0.15) is 118 Å². The Kier molecular flexibility index (Phi) is 41.5. The quantitative estimate of drug-likeness (QED) is 0.0466. The molecule has 0 atom stereocenters. The Morgan fingerprint density at radius 2 is 0.507 bits per heavy atom. The number of ether oxygens (including phenoxy) is 11. The molecule has 0 unspecified atom stereocenters. The Bertz CT molecular complexity index is 1250. The highest BCUT2D eigenvalue weighted by molar-refractivity contribution is 6.99. The first-order valence-corrected chi connectivity index (χ1v) is 28.0. The number of hydrogen-bond acceptors (Lipinski definition) is 12. The lowest BCUT2D eigenvalue weighted by Crippen LogP contribution is -2.66. The zero-order valence-electron chi connectivity index (χ0n) is 42.8. The SMILES string of the molecule is CCCCCCCCCCCCCCCCOCCOCCOCCOCCOCCOCCOCCOCCOCCOCCOCCO[Si](c1ccccc1)(c1ccccc1)C(C)(C)C. The molecule has 2 aromatic carbocycles. The van der Waals surface area contributed by atoms with Gasteiger partial charge in [-0.3, -0.25) is 0 Å². The standard InChI is InChI=1S/C54H96O12Si/c1-5-6-7-8-9-10-11-12-13-14-15-16-17-24-29-55-30-31-56-32-33-57-34-35-58-36-37-59-38-39-60-40-41-61-42-43-62-44-45-63-46-47-64-48-49-65-50-51-66-67(54(2,3)4,52-25-20-18-21-26-52)53-27-22-19-23-28-53/h18-23,25-28H,5-17,24,29-51H2,1-4H3. The third-order valence-corrected chi connectivity index (χ3v) is 16.4. The molecule has 0 aliphatic carbocycles. The summed E-state index contributed by atoms with van der Waals surface area (Å²) >= 11 is 0. The molecule has 13 heteroatoms. The van der Waals surface area contributed by atoms with Crippen molar-refractivity contribution < 1.29 is 56.5 Å². The largest absolute Gasteiger partial charge is 0.405 e. The Morgan fingerprint density at radius 3 is 0.761 bits per heavy atom. The normalized spacial score (nSPS) is 12.1. The summed E-state index contributed by atoms with van der Waals surface area (Å²) < 4.78 is 68.7. The molecule has 0 radical (unpaired) electrons. The van der Waals surface area contributed by atoms with Crippen LogP contribution in [0, 0.1) is 0 Å². The van der Waals surface area contributed by atoms with Crippen LogP contribution in [-0.4, -0.2) is 160 Å². The third kappa shape index (κ3) is 33.4. The molecule has 2 rings (SSSR count). The van der Waals surface area contributed by atoms with Crippen molar-refractivity contribution in [1.29, 1.82) is 0 Å². The van der Waals surface area contributed by atoms with Gasteiger partial charge in [0.1, 0.15) is 0 Å². The molecule has 67 heavy (non-hydrogen) atoms. The minimum atomic E-state index is -2.54. The molecule has 0 bridgehead atoms. The molecule has 0 aromatic heterocycles. The fourth-order valence-corrected chi connectivity index (χ4v) is 12.3. The summed E-state index contributed by atoms with van der Waals surface area (Å²) in [5.41, 5.74) is 0. The second kappa shape index (κ2) is 45.3. The van der Waals surface area contributed by atoms with Crippen LogP contribution in [0.5, 0.6) is 0 Å². The highest BCUT2D eigenvalue weighted by Gasteiger charge is 2.50. The van der Waals surface area contributed by atoms with E-state index in [0.29, 0.717) is 145 Å². The smallest absolute Gasteiger partial charge is 0.261 e. The summed E-state index contributed by atoms with van der Waals surface area (Å²) in [4.78, 5) is 0. The van der Waals surface area contributed by atoms with E-state index in [2.05, 4.69) is 88.4 Å². The number of rotatable bonds is 51. The molecule has 2 aromatic rings. The predicted octanol–water partition coefficient (Wildman–Crippen LogP) is 9.23. The number of benzene rings is 2.